The molecule has 0 aromatic heterocycles. The molecule has 2 heterocycles. The number of carbonyl (C=O) groups excluding carboxylic acids is 2. The molecule has 20 heavy (non-hydrogen) atoms. The first-order chi connectivity index (χ1) is 9.52. The number of alkyl halides is 1. The summed E-state index contributed by atoms with van der Waals surface area (Å²) < 4.78 is 0. The van der Waals surface area contributed by atoms with Crippen LogP contribution in [0.3, 0.4) is 0 Å². The van der Waals surface area contributed by atoms with Gasteiger partial charge in [-0.15, -0.1) is 11.6 Å². The minimum Gasteiger partial charge on any atom is -0.481 e. The van der Waals surface area contributed by atoms with E-state index in [0.717, 1.165) is 0 Å². The molecule has 0 aromatic carbocycles. The molecule has 2 aliphatic heterocycles. The maximum Gasteiger partial charge on any atom is 0.308 e. The lowest BCUT2D eigenvalue weighted by Crippen LogP contribution is -2.47. The lowest BCUT2D eigenvalue weighted by Gasteiger charge is -2.36. The number of piperidine rings is 1. The van der Waals surface area contributed by atoms with Crippen molar-refractivity contribution in [3.8, 4) is 0 Å². The van der Waals surface area contributed by atoms with E-state index in [2.05, 4.69) is 0 Å². The van der Waals surface area contributed by atoms with E-state index in [-0.39, 0.29) is 24.3 Å². The van der Waals surface area contributed by atoms with Crippen LogP contribution in [-0.2, 0) is 14.4 Å². The van der Waals surface area contributed by atoms with E-state index in [4.69, 9.17) is 16.7 Å². The summed E-state index contributed by atoms with van der Waals surface area (Å²) in [6.45, 7) is 1.53. The monoisotopic (exact) mass is 302 g/mol. The minimum absolute atomic E-state index is 0.0506. The van der Waals surface area contributed by atoms with Gasteiger partial charge in [-0.05, 0) is 12.8 Å². The summed E-state index contributed by atoms with van der Waals surface area (Å²) in [6.07, 6.45) is 1.87. The minimum atomic E-state index is -0.907. The SMILES string of the molecule is O=C(O)C1CC(=O)N(C2CCN(C(=O)CCCl)CC2)C1. The van der Waals surface area contributed by atoms with Crippen molar-refractivity contribution in [1.82, 2.24) is 9.80 Å². The standard InChI is InChI=1S/C13H19ClN2O4/c14-4-1-11(17)15-5-2-10(3-6-15)16-8-9(13(19)20)7-12(16)18/h9-10H,1-8H2,(H,19,20). The number of halogens is 1. The summed E-state index contributed by atoms with van der Waals surface area (Å²) in [7, 11) is 0. The molecular weight excluding hydrogens is 284 g/mol. The highest BCUT2D eigenvalue weighted by Gasteiger charge is 2.39. The Morgan fingerprint density at radius 2 is 1.95 bits per heavy atom. The Balaban J connectivity index is 1.86. The number of nitrogens with zero attached hydrogens (tertiary/aromatic N) is 2. The Labute approximate surface area is 122 Å². The fourth-order valence-electron chi connectivity index (χ4n) is 2.92. The van der Waals surface area contributed by atoms with Gasteiger partial charge in [0.2, 0.25) is 11.8 Å². The number of hydrogen-bond donors (Lipinski definition) is 1. The lowest BCUT2D eigenvalue weighted by molar-refractivity contribution is -0.141. The summed E-state index contributed by atoms with van der Waals surface area (Å²) in [4.78, 5) is 38.0. The van der Waals surface area contributed by atoms with E-state index < -0.39 is 11.9 Å². The van der Waals surface area contributed by atoms with Crippen LogP contribution in [-0.4, -0.2) is 64.2 Å². The first-order valence-corrected chi connectivity index (χ1v) is 7.42. The van der Waals surface area contributed by atoms with E-state index in [9.17, 15) is 14.4 Å². The third kappa shape index (κ3) is 3.23. The van der Waals surface area contributed by atoms with Crippen LogP contribution >= 0.6 is 11.6 Å². The van der Waals surface area contributed by atoms with Crippen molar-refractivity contribution in [1.29, 1.82) is 0 Å². The van der Waals surface area contributed by atoms with Gasteiger partial charge < -0.3 is 14.9 Å². The van der Waals surface area contributed by atoms with E-state index in [1.165, 1.54) is 0 Å². The molecule has 112 valence electrons. The van der Waals surface area contributed by atoms with E-state index in [1.807, 2.05) is 0 Å². The summed E-state index contributed by atoms with van der Waals surface area (Å²) >= 11 is 5.56. The molecule has 1 unspecified atom stereocenters. The Kier molecular flexibility index (Phi) is 4.86. The highest BCUT2D eigenvalue weighted by atomic mass is 35.5. The number of carboxylic acid groups (broad SMARTS) is 1. The Morgan fingerprint density at radius 1 is 1.30 bits per heavy atom. The zero-order valence-electron chi connectivity index (χ0n) is 11.3. The van der Waals surface area contributed by atoms with Crippen molar-refractivity contribution in [2.75, 3.05) is 25.5 Å². The topological polar surface area (TPSA) is 77.9 Å². The predicted molar refractivity (Wildman–Crippen MR) is 72.4 cm³/mol. The normalized spacial score (nSPS) is 24.2. The van der Waals surface area contributed by atoms with E-state index >= 15 is 0 Å². The molecule has 2 saturated heterocycles. The van der Waals surface area contributed by atoms with Crippen molar-refractivity contribution in [2.45, 2.75) is 31.7 Å². The highest BCUT2D eigenvalue weighted by molar-refractivity contribution is 6.18. The molecule has 2 amide bonds. The largest absolute Gasteiger partial charge is 0.481 e. The lowest BCUT2D eigenvalue weighted by atomic mass is 10.0. The summed E-state index contributed by atoms with van der Waals surface area (Å²) in [5.74, 6) is -1.20. The summed E-state index contributed by atoms with van der Waals surface area (Å²) in [6, 6.07) is 0.0619. The highest BCUT2D eigenvalue weighted by Crippen LogP contribution is 2.25. The van der Waals surface area contributed by atoms with Gasteiger partial charge in [-0.3, -0.25) is 14.4 Å². The molecule has 1 N–H and O–H groups in total. The average Bonchev–Trinajstić information content (AvgIpc) is 2.81. The second-order valence-electron chi connectivity index (χ2n) is 5.34. The fourth-order valence-corrected chi connectivity index (χ4v) is 3.08. The van der Waals surface area contributed by atoms with Gasteiger partial charge in [0.1, 0.15) is 0 Å². The van der Waals surface area contributed by atoms with Crippen molar-refractivity contribution in [3.63, 3.8) is 0 Å². The molecule has 2 aliphatic rings. The molecule has 0 bridgehead atoms. The maximum absolute atomic E-state index is 11.9. The van der Waals surface area contributed by atoms with Crippen LogP contribution in [0, 0.1) is 5.92 Å². The van der Waals surface area contributed by atoms with Crippen molar-refractivity contribution in [2.24, 2.45) is 5.92 Å². The quantitative estimate of drug-likeness (QED) is 0.769. The van der Waals surface area contributed by atoms with Crippen LogP contribution in [0.2, 0.25) is 0 Å². The predicted octanol–water partition coefficient (Wildman–Crippen LogP) is 0.539. The van der Waals surface area contributed by atoms with Crippen molar-refractivity contribution >= 4 is 29.4 Å². The first-order valence-electron chi connectivity index (χ1n) is 6.89. The van der Waals surface area contributed by atoms with Crippen LogP contribution in [0.4, 0.5) is 0 Å². The van der Waals surface area contributed by atoms with Gasteiger partial charge in [0.25, 0.3) is 0 Å². The van der Waals surface area contributed by atoms with Crippen LogP contribution in [0.5, 0.6) is 0 Å². The molecule has 0 radical (unpaired) electrons. The number of rotatable bonds is 4. The van der Waals surface area contributed by atoms with Gasteiger partial charge in [0, 0.05) is 44.4 Å². The molecule has 6 nitrogen and oxygen atoms in total. The van der Waals surface area contributed by atoms with Gasteiger partial charge in [-0.25, -0.2) is 0 Å². The number of aliphatic carboxylic acids is 1. The van der Waals surface area contributed by atoms with Gasteiger partial charge in [-0.1, -0.05) is 0 Å². The first kappa shape index (κ1) is 15.1. The molecule has 2 rings (SSSR count). The number of carboxylic acids is 1. The van der Waals surface area contributed by atoms with Crippen LogP contribution < -0.4 is 0 Å². The summed E-state index contributed by atoms with van der Waals surface area (Å²) in [5, 5.41) is 8.98. The van der Waals surface area contributed by atoms with Crippen LogP contribution in [0.25, 0.3) is 0 Å². The van der Waals surface area contributed by atoms with E-state index in [1.54, 1.807) is 9.80 Å². The molecule has 0 spiro atoms. The van der Waals surface area contributed by atoms with E-state index in [0.29, 0.717) is 44.8 Å². The molecule has 2 fully saturated rings. The van der Waals surface area contributed by atoms with Crippen molar-refractivity contribution in [3.05, 3.63) is 0 Å². The molecule has 0 saturated carbocycles. The summed E-state index contributed by atoms with van der Waals surface area (Å²) in [5.41, 5.74) is 0. The second kappa shape index (κ2) is 6.43. The average molecular weight is 303 g/mol. The Hall–Kier alpha value is -1.30. The second-order valence-corrected chi connectivity index (χ2v) is 5.71. The van der Waals surface area contributed by atoms with Gasteiger partial charge in [-0.2, -0.15) is 0 Å². The Bertz CT molecular complexity index is 407. The zero-order chi connectivity index (χ0) is 14.7. The molecular formula is C13H19ClN2O4. The number of likely N-dealkylation sites (tertiary alicyclic amines) is 2. The molecule has 0 aliphatic carbocycles. The van der Waals surface area contributed by atoms with Crippen LogP contribution in [0.1, 0.15) is 25.7 Å². The number of hydrogen-bond acceptors (Lipinski definition) is 3. The van der Waals surface area contributed by atoms with Gasteiger partial charge >= 0.3 is 5.97 Å². The zero-order valence-corrected chi connectivity index (χ0v) is 12.0. The molecule has 0 aromatic rings. The molecule has 1 atom stereocenters. The fraction of sp³-hybridized carbons (Fsp3) is 0.769. The number of carbonyl (C=O) groups is 3. The Morgan fingerprint density at radius 3 is 2.45 bits per heavy atom. The maximum atomic E-state index is 11.9. The third-order valence-corrected chi connectivity index (χ3v) is 4.26. The smallest absolute Gasteiger partial charge is 0.308 e. The third-order valence-electron chi connectivity index (χ3n) is 4.07. The number of amides is 2. The van der Waals surface area contributed by atoms with Gasteiger partial charge in [0.05, 0.1) is 5.92 Å². The molecule has 7 heteroatoms. The van der Waals surface area contributed by atoms with Crippen molar-refractivity contribution < 1.29 is 19.5 Å². The van der Waals surface area contributed by atoms with Crippen LogP contribution in [0.15, 0.2) is 0 Å². The van der Waals surface area contributed by atoms with Gasteiger partial charge in [0.15, 0.2) is 0 Å².